The second-order valence-corrected chi connectivity index (χ2v) is 5.77. The third-order valence-corrected chi connectivity index (χ3v) is 3.97. The zero-order valence-electron chi connectivity index (χ0n) is 15.0. The topological polar surface area (TPSA) is 96.3 Å². The van der Waals surface area contributed by atoms with Crippen molar-refractivity contribution in [3.8, 4) is 34.3 Å². The minimum atomic E-state index is -0.336. The fourth-order valence-corrected chi connectivity index (χ4v) is 2.58. The van der Waals surface area contributed by atoms with E-state index in [-0.39, 0.29) is 18.1 Å². The molecule has 0 radical (unpaired) electrons. The summed E-state index contributed by atoms with van der Waals surface area (Å²) in [5.41, 5.74) is 1.34. The molecule has 142 valence electrons. The van der Waals surface area contributed by atoms with Crippen LogP contribution >= 0.6 is 0 Å². The van der Waals surface area contributed by atoms with Crippen LogP contribution in [-0.4, -0.2) is 34.6 Å². The molecule has 0 N–H and O–H groups in total. The van der Waals surface area contributed by atoms with Gasteiger partial charge in [-0.1, -0.05) is 5.16 Å². The first kappa shape index (κ1) is 17.7. The summed E-state index contributed by atoms with van der Waals surface area (Å²) < 4.78 is 34.4. The summed E-state index contributed by atoms with van der Waals surface area (Å²) in [5.74, 6) is 2.14. The Balaban J connectivity index is 1.52. The van der Waals surface area contributed by atoms with Gasteiger partial charge in [-0.25, -0.2) is 4.39 Å². The average molecular weight is 382 g/mol. The summed E-state index contributed by atoms with van der Waals surface area (Å²) in [6.07, 6.45) is 0.175. The molecular formula is C19H15FN4O4. The zero-order chi connectivity index (χ0) is 19.5. The van der Waals surface area contributed by atoms with Crippen LogP contribution in [0.2, 0.25) is 0 Å². The van der Waals surface area contributed by atoms with Crippen molar-refractivity contribution in [1.82, 2.24) is 20.3 Å². The van der Waals surface area contributed by atoms with Crippen molar-refractivity contribution >= 4 is 0 Å². The van der Waals surface area contributed by atoms with E-state index in [1.807, 2.05) is 0 Å². The van der Waals surface area contributed by atoms with Crippen LogP contribution in [0.5, 0.6) is 11.5 Å². The number of hydrogen-bond acceptors (Lipinski definition) is 8. The van der Waals surface area contributed by atoms with Crippen molar-refractivity contribution in [3.05, 3.63) is 60.1 Å². The average Bonchev–Trinajstić information content (AvgIpc) is 3.38. The van der Waals surface area contributed by atoms with E-state index in [1.54, 1.807) is 44.6 Å². The molecule has 0 aliphatic carbocycles. The molecule has 0 amide bonds. The van der Waals surface area contributed by atoms with E-state index in [4.69, 9.17) is 18.4 Å². The molecule has 0 fully saturated rings. The van der Waals surface area contributed by atoms with Gasteiger partial charge in [0.05, 0.1) is 14.2 Å². The lowest BCUT2D eigenvalue weighted by Gasteiger charge is -2.07. The Bertz CT molecular complexity index is 1090. The van der Waals surface area contributed by atoms with E-state index in [2.05, 4.69) is 20.3 Å². The van der Waals surface area contributed by atoms with Gasteiger partial charge in [-0.2, -0.15) is 4.98 Å². The standard InChI is InChI=1S/C19H15FN4O4/c1-25-14-8-5-12(9-15(14)26-2)18-21-16(28-24-18)10-17-22-23-19(27-17)11-3-6-13(20)7-4-11/h3-9H,10H2,1-2H3. The van der Waals surface area contributed by atoms with Crippen molar-refractivity contribution in [2.45, 2.75) is 6.42 Å². The molecule has 0 bridgehead atoms. The first-order valence-electron chi connectivity index (χ1n) is 8.29. The normalized spacial score (nSPS) is 10.8. The molecule has 0 unspecified atom stereocenters. The summed E-state index contributed by atoms with van der Waals surface area (Å²) in [4.78, 5) is 4.35. The number of nitrogens with zero attached hydrogens (tertiary/aromatic N) is 4. The number of aromatic nitrogens is 4. The van der Waals surface area contributed by atoms with Crippen LogP contribution in [0.25, 0.3) is 22.8 Å². The van der Waals surface area contributed by atoms with Crippen molar-refractivity contribution in [3.63, 3.8) is 0 Å². The number of halogens is 1. The molecule has 0 aliphatic heterocycles. The van der Waals surface area contributed by atoms with Crippen LogP contribution in [0.1, 0.15) is 11.8 Å². The quantitative estimate of drug-likeness (QED) is 0.500. The zero-order valence-corrected chi connectivity index (χ0v) is 15.0. The maximum absolute atomic E-state index is 13.0. The lowest BCUT2D eigenvalue weighted by Crippen LogP contribution is -1.92. The Morgan fingerprint density at radius 2 is 1.64 bits per heavy atom. The van der Waals surface area contributed by atoms with Crippen molar-refractivity contribution in [1.29, 1.82) is 0 Å². The van der Waals surface area contributed by atoms with Crippen molar-refractivity contribution in [2.75, 3.05) is 14.2 Å². The number of benzene rings is 2. The van der Waals surface area contributed by atoms with Gasteiger partial charge in [-0.05, 0) is 42.5 Å². The van der Waals surface area contributed by atoms with E-state index in [1.165, 1.54) is 12.1 Å². The number of rotatable bonds is 6. The van der Waals surface area contributed by atoms with Gasteiger partial charge in [0.15, 0.2) is 11.5 Å². The molecule has 2 heterocycles. The van der Waals surface area contributed by atoms with Crippen LogP contribution in [0.4, 0.5) is 4.39 Å². The summed E-state index contributed by atoms with van der Waals surface area (Å²) in [5, 5.41) is 11.9. The second kappa shape index (κ2) is 7.47. The Morgan fingerprint density at radius 1 is 0.893 bits per heavy atom. The van der Waals surface area contributed by atoms with E-state index >= 15 is 0 Å². The van der Waals surface area contributed by atoms with Gasteiger partial charge in [0.2, 0.25) is 23.5 Å². The summed E-state index contributed by atoms with van der Waals surface area (Å²) in [6.45, 7) is 0. The van der Waals surface area contributed by atoms with Crippen LogP contribution in [0.3, 0.4) is 0 Å². The molecule has 0 saturated carbocycles. The van der Waals surface area contributed by atoms with Gasteiger partial charge >= 0.3 is 0 Å². The molecule has 4 aromatic rings. The SMILES string of the molecule is COc1ccc(-c2noc(Cc3nnc(-c4ccc(F)cc4)o3)n2)cc1OC. The predicted molar refractivity (Wildman–Crippen MR) is 95.3 cm³/mol. The van der Waals surface area contributed by atoms with Crippen LogP contribution in [0, 0.1) is 5.82 Å². The molecular weight excluding hydrogens is 367 g/mol. The molecule has 0 saturated heterocycles. The maximum atomic E-state index is 13.0. The fraction of sp³-hybridized carbons (Fsp3) is 0.158. The van der Waals surface area contributed by atoms with E-state index in [0.29, 0.717) is 40.2 Å². The van der Waals surface area contributed by atoms with Gasteiger partial charge in [0.25, 0.3) is 0 Å². The van der Waals surface area contributed by atoms with Gasteiger partial charge in [-0.15, -0.1) is 10.2 Å². The molecule has 28 heavy (non-hydrogen) atoms. The predicted octanol–water partition coefficient (Wildman–Crippen LogP) is 3.53. The Morgan fingerprint density at radius 3 is 2.39 bits per heavy atom. The molecule has 2 aromatic carbocycles. The van der Waals surface area contributed by atoms with Gasteiger partial charge in [0.1, 0.15) is 12.2 Å². The lowest BCUT2D eigenvalue weighted by atomic mass is 10.2. The largest absolute Gasteiger partial charge is 0.493 e. The highest BCUT2D eigenvalue weighted by Crippen LogP contribution is 2.31. The third-order valence-electron chi connectivity index (χ3n) is 3.97. The second-order valence-electron chi connectivity index (χ2n) is 5.77. The van der Waals surface area contributed by atoms with Crippen molar-refractivity contribution < 1.29 is 22.8 Å². The smallest absolute Gasteiger partial charge is 0.247 e. The highest BCUT2D eigenvalue weighted by atomic mass is 19.1. The van der Waals surface area contributed by atoms with E-state index < -0.39 is 0 Å². The highest BCUT2D eigenvalue weighted by Gasteiger charge is 2.16. The molecule has 9 heteroatoms. The summed E-state index contributed by atoms with van der Waals surface area (Å²) in [7, 11) is 3.12. The molecule has 2 aromatic heterocycles. The third kappa shape index (κ3) is 3.54. The minimum Gasteiger partial charge on any atom is -0.493 e. The first-order chi connectivity index (χ1) is 13.7. The van der Waals surface area contributed by atoms with Crippen LogP contribution in [0.15, 0.2) is 51.4 Å². The Kier molecular flexibility index (Phi) is 4.71. The molecule has 0 spiro atoms. The Labute approximate surface area is 158 Å². The van der Waals surface area contributed by atoms with Gasteiger partial charge in [0, 0.05) is 11.1 Å². The van der Waals surface area contributed by atoms with Gasteiger partial charge < -0.3 is 18.4 Å². The first-order valence-corrected chi connectivity index (χ1v) is 8.29. The molecule has 0 atom stereocenters. The molecule has 0 aliphatic rings. The van der Waals surface area contributed by atoms with Crippen LogP contribution in [-0.2, 0) is 6.42 Å². The van der Waals surface area contributed by atoms with Gasteiger partial charge in [-0.3, -0.25) is 0 Å². The molecule has 4 rings (SSSR count). The monoisotopic (exact) mass is 382 g/mol. The summed E-state index contributed by atoms with van der Waals surface area (Å²) in [6, 6.07) is 11.1. The highest BCUT2D eigenvalue weighted by molar-refractivity contribution is 5.60. The summed E-state index contributed by atoms with van der Waals surface area (Å²) >= 11 is 0. The minimum absolute atomic E-state index is 0.175. The van der Waals surface area contributed by atoms with Crippen molar-refractivity contribution in [2.24, 2.45) is 0 Å². The number of methoxy groups -OCH3 is 2. The number of ether oxygens (including phenoxy) is 2. The maximum Gasteiger partial charge on any atom is 0.247 e. The van der Waals surface area contributed by atoms with E-state index in [9.17, 15) is 4.39 Å². The van der Waals surface area contributed by atoms with E-state index in [0.717, 1.165) is 0 Å². The lowest BCUT2D eigenvalue weighted by molar-refractivity contribution is 0.355. The number of hydrogen-bond donors (Lipinski definition) is 0. The Hall–Kier alpha value is -3.75. The van der Waals surface area contributed by atoms with Crippen LogP contribution < -0.4 is 9.47 Å². The fourth-order valence-electron chi connectivity index (χ4n) is 2.58. The molecule has 8 nitrogen and oxygen atoms in total.